The van der Waals surface area contributed by atoms with Crippen LogP contribution in [0.15, 0.2) is 42.5 Å². The Morgan fingerprint density at radius 1 is 1.22 bits per heavy atom. The van der Waals surface area contributed by atoms with E-state index < -0.39 is 0 Å². The van der Waals surface area contributed by atoms with Crippen molar-refractivity contribution in [2.75, 3.05) is 18.0 Å². The van der Waals surface area contributed by atoms with Crippen LogP contribution in [0.3, 0.4) is 0 Å². The molecule has 3 heteroatoms. The van der Waals surface area contributed by atoms with Crippen molar-refractivity contribution in [1.82, 2.24) is 0 Å². The van der Waals surface area contributed by atoms with Crippen LogP contribution in [0.4, 0.5) is 5.69 Å². The molecular formula is C20H25NO2. The molecule has 1 unspecified atom stereocenters. The molecule has 0 amide bonds. The molecule has 1 atom stereocenters. The maximum atomic E-state index is 9.77. The first-order valence-corrected chi connectivity index (χ1v) is 8.31. The summed E-state index contributed by atoms with van der Waals surface area (Å²) in [5.74, 6) is 1.62. The van der Waals surface area contributed by atoms with Gasteiger partial charge in [0.25, 0.3) is 0 Å². The van der Waals surface area contributed by atoms with Crippen LogP contribution in [0.5, 0.6) is 11.5 Å². The van der Waals surface area contributed by atoms with E-state index in [9.17, 15) is 5.11 Å². The second kappa shape index (κ2) is 6.53. The van der Waals surface area contributed by atoms with Crippen molar-refractivity contribution < 1.29 is 9.84 Å². The first-order chi connectivity index (χ1) is 11.0. The predicted molar refractivity (Wildman–Crippen MR) is 94.5 cm³/mol. The Balaban J connectivity index is 1.83. The number of benzene rings is 2. The number of hydrogen-bond donors (Lipinski definition) is 1. The molecule has 0 saturated heterocycles. The topological polar surface area (TPSA) is 32.7 Å². The lowest BCUT2D eigenvalue weighted by molar-refractivity contribution is 0.191. The molecule has 3 rings (SSSR count). The Morgan fingerprint density at radius 2 is 2.04 bits per heavy atom. The number of anilines is 1. The van der Waals surface area contributed by atoms with Gasteiger partial charge in [0.2, 0.25) is 0 Å². The number of rotatable bonds is 4. The summed E-state index contributed by atoms with van der Waals surface area (Å²) in [4.78, 5) is 2.38. The highest BCUT2D eigenvalue weighted by atomic mass is 16.5. The van der Waals surface area contributed by atoms with Crippen molar-refractivity contribution in [3.63, 3.8) is 0 Å². The van der Waals surface area contributed by atoms with E-state index in [0.29, 0.717) is 5.92 Å². The summed E-state index contributed by atoms with van der Waals surface area (Å²) in [5, 5.41) is 9.77. The maximum absolute atomic E-state index is 9.77. The third-order valence-electron chi connectivity index (χ3n) is 4.13. The van der Waals surface area contributed by atoms with Gasteiger partial charge in [0.05, 0.1) is 12.2 Å². The summed E-state index contributed by atoms with van der Waals surface area (Å²) >= 11 is 0. The molecule has 0 bridgehead atoms. The molecule has 1 N–H and O–H groups in total. The molecule has 1 heterocycles. The Bertz CT molecular complexity index is 681. The zero-order valence-corrected chi connectivity index (χ0v) is 14.1. The third kappa shape index (κ3) is 3.79. The molecular weight excluding hydrogens is 286 g/mol. The van der Waals surface area contributed by atoms with E-state index in [0.717, 1.165) is 30.9 Å². The summed E-state index contributed by atoms with van der Waals surface area (Å²) in [6, 6.07) is 14.0. The van der Waals surface area contributed by atoms with Gasteiger partial charge in [-0.25, -0.2) is 0 Å². The molecule has 0 aromatic heterocycles. The van der Waals surface area contributed by atoms with Gasteiger partial charge < -0.3 is 14.7 Å². The Hall–Kier alpha value is -2.16. The fourth-order valence-electron chi connectivity index (χ4n) is 3.24. The fourth-order valence-corrected chi connectivity index (χ4v) is 3.24. The van der Waals surface area contributed by atoms with Crippen LogP contribution in [0.2, 0.25) is 0 Å². The van der Waals surface area contributed by atoms with Gasteiger partial charge >= 0.3 is 0 Å². The number of phenolic OH excluding ortho intramolecular Hbond substituents is 1. The number of phenols is 1. The largest absolute Gasteiger partial charge is 0.508 e. The monoisotopic (exact) mass is 311 g/mol. The van der Waals surface area contributed by atoms with Crippen LogP contribution >= 0.6 is 0 Å². The minimum absolute atomic E-state index is 0.102. The maximum Gasteiger partial charge on any atom is 0.146 e. The summed E-state index contributed by atoms with van der Waals surface area (Å²) in [7, 11) is 0. The number of aryl methyl sites for hydroxylation is 1. The number of hydrogen-bond acceptors (Lipinski definition) is 3. The molecule has 1 aliphatic rings. The number of nitrogens with zero attached hydrogens (tertiary/aromatic N) is 1. The minimum Gasteiger partial charge on any atom is -0.508 e. The molecule has 2 aromatic carbocycles. The van der Waals surface area contributed by atoms with Crippen LogP contribution in [0.1, 0.15) is 25.0 Å². The van der Waals surface area contributed by atoms with Gasteiger partial charge in [-0.15, -0.1) is 0 Å². The van der Waals surface area contributed by atoms with Crippen LogP contribution < -0.4 is 9.64 Å². The molecule has 0 saturated carbocycles. The molecule has 122 valence electrons. The highest BCUT2D eigenvalue weighted by molar-refractivity contribution is 5.62. The first-order valence-electron chi connectivity index (χ1n) is 8.31. The number of ether oxygens (including phenoxy) is 1. The van der Waals surface area contributed by atoms with E-state index in [-0.39, 0.29) is 11.9 Å². The van der Waals surface area contributed by atoms with Gasteiger partial charge in [-0.1, -0.05) is 43.7 Å². The van der Waals surface area contributed by atoms with Crippen molar-refractivity contribution in [2.45, 2.75) is 33.3 Å². The lowest BCUT2D eigenvalue weighted by Crippen LogP contribution is -2.42. The predicted octanol–water partition coefficient (Wildman–Crippen LogP) is 4.17. The van der Waals surface area contributed by atoms with Crippen LogP contribution in [-0.4, -0.2) is 24.3 Å². The van der Waals surface area contributed by atoms with E-state index in [1.807, 2.05) is 6.07 Å². The van der Waals surface area contributed by atoms with Crippen molar-refractivity contribution >= 4 is 5.69 Å². The molecule has 0 spiro atoms. The van der Waals surface area contributed by atoms with E-state index in [4.69, 9.17) is 4.74 Å². The van der Waals surface area contributed by atoms with Gasteiger partial charge in [0.15, 0.2) is 0 Å². The number of fused-ring (bicyclic) bond motifs is 1. The Kier molecular flexibility index (Phi) is 4.46. The lowest BCUT2D eigenvalue weighted by Gasteiger charge is -2.37. The van der Waals surface area contributed by atoms with Crippen molar-refractivity contribution in [2.24, 2.45) is 5.92 Å². The van der Waals surface area contributed by atoms with Gasteiger partial charge in [-0.2, -0.15) is 0 Å². The van der Waals surface area contributed by atoms with Crippen LogP contribution in [-0.2, 0) is 6.42 Å². The van der Waals surface area contributed by atoms with Gasteiger partial charge in [-0.3, -0.25) is 0 Å². The average Bonchev–Trinajstić information content (AvgIpc) is 2.46. The zero-order valence-electron chi connectivity index (χ0n) is 14.1. The zero-order chi connectivity index (χ0) is 16.4. The van der Waals surface area contributed by atoms with Crippen molar-refractivity contribution in [1.29, 1.82) is 0 Å². The smallest absolute Gasteiger partial charge is 0.146 e. The molecule has 2 aromatic rings. The van der Waals surface area contributed by atoms with Crippen LogP contribution in [0, 0.1) is 12.8 Å². The summed E-state index contributed by atoms with van der Waals surface area (Å²) in [5.41, 5.74) is 3.65. The molecule has 0 fully saturated rings. The first kappa shape index (κ1) is 15.7. The molecule has 0 aliphatic carbocycles. The quantitative estimate of drug-likeness (QED) is 0.920. The summed E-state index contributed by atoms with van der Waals surface area (Å²) < 4.78 is 6.17. The summed E-state index contributed by atoms with van der Waals surface area (Å²) in [6.07, 6.45) is 0.982. The minimum atomic E-state index is 0.102. The van der Waals surface area contributed by atoms with E-state index in [1.54, 1.807) is 12.1 Å². The third-order valence-corrected chi connectivity index (χ3v) is 4.13. The van der Waals surface area contributed by atoms with E-state index in [2.05, 4.69) is 49.9 Å². The Morgan fingerprint density at radius 3 is 2.78 bits per heavy atom. The van der Waals surface area contributed by atoms with Crippen molar-refractivity contribution in [3.8, 4) is 11.5 Å². The van der Waals surface area contributed by atoms with Crippen molar-refractivity contribution in [3.05, 3.63) is 53.6 Å². The lowest BCUT2D eigenvalue weighted by atomic mass is 10.0. The highest BCUT2D eigenvalue weighted by Crippen LogP contribution is 2.37. The normalized spacial score (nSPS) is 17.0. The summed E-state index contributed by atoms with van der Waals surface area (Å²) in [6.45, 7) is 8.44. The highest BCUT2D eigenvalue weighted by Gasteiger charge is 2.26. The standard InChI is InChI=1S/C20H25NO2/c1-14(2)12-21-13-18(10-16-6-4-5-15(3)9-16)23-20-11-17(22)7-8-19(20)21/h4-9,11,14,18,22H,10,12-13H2,1-3H3. The average molecular weight is 311 g/mol. The molecule has 23 heavy (non-hydrogen) atoms. The molecule has 0 radical (unpaired) electrons. The SMILES string of the molecule is Cc1cccc(CC2CN(CC(C)C)c3ccc(O)cc3O2)c1. The van der Waals surface area contributed by atoms with Crippen LogP contribution in [0.25, 0.3) is 0 Å². The molecule has 3 nitrogen and oxygen atoms in total. The van der Waals surface area contributed by atoms with Gasteiger partial charge in [0, 0.05) is 19.0 Å². The van der Waals surface area contributed by atoms with Gasteiger partial charge in [-0.05, 0) is 30.5 Å². The second-order valence-electron chi connectivity index (χ2n) is 6.88. The fraction of sp³-hybridized carbons (Fsp3) is 0.400. The second-order valence-corrected chi connectivity index (χ2v) is 6.88. The molecule has 1 aliphatic heterocycles. The van der Waals surface area contributed by atoms with E-state index >= 15 is 0 Å². The Labute approximate surface area is 138 Å². The number of aromatic hydroxyl groups is 1. The van der Waals surface area contributed by atoms with E-state index in [1.165, 1.54) is 11.1 Å². The van der Waals surface area contributed by atoms with Gasteiger partial charge in [0.1, 0.15) is 17.6 Å².